The quantitative estimate of drug-likeness (QED) is 0.718. The molecule has 2 bridgehead atoms. The summed E-state index contributed by atoms with van der Waals surface area (Å²) in [7, 11) is 0. The smallest absolute Gasteiger partial charge is 0.165 e. The van der Waals surface area contributed by atoms with Gasteiger partial charge in [-0.2, -0.15) is 0 Å². The summed E-state index contributed by atoms with van der Waals surface area (Å²) in [6.07, 6.45) is 12.2. The highest BCUT2D eigenvalue weighted by atomic mass is 16.5. The Morgan fingerprint density at radius 3 is 2.70 bits per heavy atom. The van der Waals surface area contributed by atoms with Gasteiger partial charge in [0.25, 0.3) is 0 Å². The molecule has 23 heavy (non-hydrogen) atoms. The number of fused-ring (bicyclic) bond motifs is 5. The van der Waals surface area contributed by atoms with Crippen LogP contribution in [0.1, 0.15) is 46.5 Å². The number of carbonyl (C=O) groups is 1. The summed E-state index contributed by atoms with van der Waals surface area (Å²) in [6, 6.07) is 0. The maximum absolute atomic E-state index is 12.7. The van der Waals surface area contributed by atoms with Crippen molar-refractivity contribution in [3.63, 3.8) is 0 Å². The van der Waals surface area contributed by atoms with E-state index in [4.69, 9.17) is 4.74 Å². The molecule has 0 aromatic heterocycles. The molecule has 126 valence electrons. The molecule has 0 aromatic carbocycles. The van der Waals surface area contributed by atoms with Crippen LogP contribution < -0.4 is 0 Å². The first kappa shape index (κ1) is 15.6. The fourth-order valence-electron chi connectivity index (χ4n) is 5.61. The molecule has 7 atom stereocenters. The summed E-state index contributed by atoms with van der Waals surface area (Å²) >= 11 is 0. The summed E-state index contributed by atoms with van der Waals surface area (Å²) in [5.41, 5.74) is 0.971. The van der Waals surface area contributed by atoms with Crippen LogP contribution in [0.15, 0.2) is 23.8 Å². The van der Waals surface area contributed by atoms with E-state index >= 15 is 0 Å². The van der Waals surface area contributed by atoms with Gasteiger partial charge in [-0.15, -0.1) is 0 Å². The summed E-state index contributed by atoms with van der Waals surface area (Å²) < 4.78 is 6.33. The second-order valence-electron chi connectivity index (χ2n) is 8.78. The predicted octanol–water partition coefficient (Wildman–Crippen LogP) is 4.41. The van der Waals surface area contributed by atoms with Gasteiger partial charge in [0.1, 0.15) is 0 Å². The molecular formula is C21H30O2. The maximum atomic E-state index is 12.7. The molecule has 2 saturated carbocycles. The SMILES string of the molecule is CC(C)[C@H]1CC[C@H](C)C[C@@H]1OCC1=C[C@@H]2[C@H](C1=O)[C@H]1C=C[C@@H]2C1. The van der Waals surface area contributed by atoms with E-state index in [9.17, 15) is 4.79 Å². The van der Waals surface area contributed by atoms with E-state index in [0.29, 0.717) is 48.1 Å². The Kier molecular flexibility index (Phi) is 3.99. The maximum Gasteiger partial charge on any atom is 0.165 e. The number of allylic oxidation sites excluding steroid dienone is 3. The number of hydrogen-bond donors (Lipinski definition) is 0. The Labute approximate surface area is 140 Å². The fraction of sp³-hybridized carbons (Fsp3) is 0.762. The van der Waals surface area contributed by atoms with Crippen LogP contribution in [-0.4, -0.2) is 18.5 Å². The van der Waals surface area contributed by atoms with Crippen LogP contribution >= 0.6 is 0 Å². The van der Waals surface area contributed by atoms with E-state index in [2.05, 4.69) is 39.0 Å². The van der Waals surface area contributed by atoms with Gasteiger partial charge in [-0.3, -0.25) is 4.79 Å². The molecule has 2 heteroatoms. The molecule has 0 heterocycles. The van der Waals surface area contributed by atoms with E-state index in [1.54, 1.807) is 0 Å². The molecule has 2 fully saturated rings. The molecule has 0 aromatic rings. The molecule has 0 saturated heterocycles. The molecule has 2 nitrogen and oxygen atoms in total. The van der Waals surface area contributed by atoms with Crippen LogP contribution in [0.4, 0.5) is 0 Å². The van der Waals surface area contributed by atoms with Gasteiger partial charge in [0.05, 0.1) is 12.7 Å². The standard InChI is InChI=1S/C21H30O2/c1-12(2)17-7-4-13(3)8-19(17)23-11-16-10-18-14-5-6-15(9-14)20(18)21(16)22/h5-6,10,12-15,17-20H,4,7-9,11H2,1-3H3/t13-,14+,15-,17+,18-,19-,20+/m0/s1. The van der Waals surface area contributed by atoms with Crippen LogP contribution in [0, 0.1) is 41.4 Å². The van der Waals surface area contributed by atoms with Crippen LogP contribution in [0.25, 0.3) is 0 Å². The van der Waals surface area contributed by atoms with E-state index in [-0.39, 0.29) is 5.92 Å². The fourth-order valence-corrected chi connectivity index (χ4v) is 5.61. The van der Waals surface area contributed by atoms with Crippen LogP contribution in [0.3, 0.4) is 0 Å². The van der Waals surface area contributed by atoms with E-state index in [0.717, 1.165) is 17.9 Å². The number of carbonyl (C=O) groups excluding carboxylic acids is 1. The molecular weight excluding hydrogens is 284 g/mol. The first-order chi connectivity index (χ1) is 11.0. The number of ketones is 1. The summed E-state index contributed by atoms with van der Waals surface area (Å²) in [5, 5.41) is 0. The zero-order valence-electron chi connectivity index (χ0n) is 14.7. The lowest BCUT2D eigenvalue weighted by molar-refractivity contribution is -0.120. The second kappa shape index (κ2) is 5.88. The van der Waals surface area contributed by atoms with Gasteiger partial charge in [0.2, 0.25) is 0 Å². The van der Waals surface area contributed by atoms with Crippen molar-refractivity contribution < 1.29 is 9.53 Å². The van der Waals surface area contributed by atoms with Crippen molar-refractivity contribution in [1.82, 2.24) is 0 Å². The largest absolute Gasteiger partial charge is 0.373 e. The molecule has 0 unspecified atom stereocenters. The minimum absolute atomic E-state index is 0.245. The van der Waals surface area contributed by atoms with Gasteiger partial charge in [0.15, 0.2) is 5.78 Å². The minimum Gasteiger partial charge on any atom is -0.373 e. The molecule has 4 rings (SSSR count). The minimum atomic E-state index is 0.245. The molecule has 0 radical (unpaired) electrons. The summed E-state index contributed by atoms with van der Waals surface area (Å²) in [6.45, 7) is 7.50. The lowest BCUT2D eigenvalue weighted by Gasteiger charge is -2.37. The topological polar surface area (TPSA) is 26.3 Å². The van der Waals surface area contributed by atoms with Crippen LogP contribution in [0.5, 0.6) is 0 Å². The average molecular weight is 314 g/mol. The molecule has 0 aliphatic heterocycles. The summed E-state index contributed by atoms with van der Waals surface area (Å²) in [5.74, 6) is 4.30. The van der Waals surface area contributed by atoms with Crippen molar-refractivity contribution in [2.24, 2.45) is 41.4 Å². The van der Waals surface area contributed by atoms with Crippen LogP contribution in [-0.2, 0) is 9.53 Å². The van der Waals surface area contributed by atoms with Gasteiger partial charge in [-0.1, -0.05) is 45.4 Å². The van der Waals surface area contributed by atoms with Gasteiger partial charge < -0.3 is 4.74 Å². The highest BCUT2D eigenvalue weighted by molar-refractivity contribution is 6.01. The van der Waals surface area contributed by atoms with Crippen molar-refractivity contribution in [2.75, 3.05) is 6.61 Å². The Morgan fingerprint density at radius 2 is 1.96 bits per heavy atom. The first-order valence-corrected chi connectivity index (χ1v) is 9.59. The Morgan fingerprint density at radius 1 is 1.17 bits per heavy atom. The van der Waals surface area contributed by atoms with E-state index < -0.39 is 0 Å². The number of Topliss-reactive ketones (excluding diaryl/α,β-unsaturated/α-hetero) is 1. The zero-order valence-corrected chi connectivity index (χ0v) is 14.7. The molecule has 4 aliphatic carbocycles. The lowest BCUT2D eigenvalue weighted by atomic mass is 9.75. The van der Waals surface area contributed by atoms with Gasteiger partial charge in [0, 0.05) is 11.5 Å². The zero-order chi connectivity index (χ0) is 16.1. The van der Waals surface area contributed by atoms with Crippen molar-refractivity contribution in [2.45, 2.75) is 52.6 Å². The lowest BCUT2D eigenvalue weighted by Crippen LogP contribution is -2.35. The Hall–Kier alpha value is -0.890. The number of ether oxygens (including phenoxy) is 1. The van der Waals surface area contributed by atoms with Crippen molar-refractivity contribution in [3.05, 3.63) is 23.8 Å². The molecule has 0 spiro atoms. The highest BCUT2D eigenvalue weighted by Crippen LogP contribution is 2.53. The monoisotopic (exact) mass is 314 g/mol. The van der Waals surface area contributed by atoms with Crippen molar-refractivity contribution >= 4 is 5.78 Å². The summed E-state index contributed by atoms with van der Waals surface area (Å²) in [4.78, 5) is 12.7. The molecule has 0 amide bonds. The first-order valence-electron chi connectivity index (χ1n) is 9.59. The third-order valence-electron chi connectivity index (χ3n) is 6.95. The number of rotatable bonds is 4. The average Bonchev–Trinajstić information content (AvgIpc) is 3.18. The van der Waals surface area contributed by atoms with Crippen molar-refractivity contribution in [3.8, 4) is 0 Å². The molecule has 0 N–H and O–H groups in total. The Balaban J connectivity index is 1.41. The molecule has 4 aliphatic rings. The predicted molar refractivity (Wildman–Crippen MR) is 91.9 cm³/mol. The van der Waals surface area contributed by atoms with Gasteiger partial charge in [-0.25, -0.2) is 0 Å². The second-order valence-corrected chi connectivity index (χ2v) is 8.78. The normalized spacial score (nSPS) is 45.0. The number of hydrogen-bond acceptors (Lipinski definition) is 2. The third kappa shape index (κ3) is 2.63. The van der Waals surface area contributed by atoms with Crippen LogP contribution in [0.2, 0.25) is 0 Å². The van der Waals surface area contributed by atoms with Gasteiger partial charge in [-0.05, 0) is 54.8 Å². The highest BCUT2D eigenvalue weighted by Gasteiger charge is 2.51. The third-order valence-corrected chi connectivity index (χ3v) is 6.95. The van der Waals surface area contributed by atoms with E-state index in [1.807, 2.05) is 0 Å². The van der Waals surface area contributed by atoms with Gasteiger partial charge >= 0.3 is 0 Å². The van der Waals surface area contributed by atoms with E-state index in [1.165, 1.54) is 19.3 Å². The Bertz CT molecular complexity index is 544. The van der Waals surface area contributed by atoms with Crippen molar-refractivity contribution in [1.29, 1.82) is 0 Å².